The molecule has 62 valence electrons. The lowest BCUT2D eigenvalue weighted by molar-refractivity contribution is -0.135. The number of carbonyl (C=O) groups excluding carboxylic acids is 1. The Morgan fingerprint density at radius 2 is 2.09 bits per heavy atom. The van der Waals surface area contributed by atoms with E-state index in [4.69, 9.17) is 12.2 Å². The van der Waals surface area contributed by atoms with Crippen molar-refractivity contribution in [3.05, 3.63) is 12.3 Å². The third-order valence-electron chi connectivity index (χ3n) is 0.885. The molecule has 0 aromatic carbocycles. The van der Waals surface area contributed by atoms with Crippen LogP contribution in [0.15, 0.2) is 12.3 Å². The highest BCUT2D eigenvalue weighted by molar-refractivity contribution is 7.80. The molecule has 0 radical (unpaired) electrons. The zero-order valence-corrected chi connectivity index (χ0v) is 7.64. The first-order valence-corrected chi connectivity index (χ1v) is 3.50. The third-order valence-corrected chi connectivity index (χ3v) is 1.39. The Labute approximate surface area is 71.6 Å². The van der Waals surface area contributed by atoms with Crippen molar-refractivity contribution in [2.75, 3.05) is 14.1 Å². The summed E-state index contributed by atoms with van der Waals surface area (Å²) >= 11 is 4.88. The molecule has 0 aliphatic carbocycles. The van der Waals surface area contributed by atoms with Crippen molar-refractivity contribution in [3.63, 3.8) is 0 Å². The summed E-state index contributed by atoms with van der Waals surface area (Å²) in [5.74, 6) is -0.345. The molecule has 0 atom stereocenters. The fourth-order valence-corrected chi connectivity index (χ4v) is 0.393. The predicted octanol–water partition coefficient (Wildman–Crippen LogP) is 0.952. The second kappa shape index (κ2) is 4.85. The smallest absolute Gasteiger partial charge is 0.307 e. The molecule has 0 heterocycles. The quantitative estimate of drug-likeness (QED) is 0.269. The van der Waals surface area contributed by atoms with Crippen LogP contribution >= 0.6 is 12.2 Å². The Morgan fingerprint density at radius 3 is 2.45 bits per heavy atom. The minimum atomic E-state index is -0.345. The van der Waals surface area contributed by atoms with E-state index in [0.717, 1.165) is 0 Å². The van der Waals surface area contributed by atoms with Gasteiger partial charge in [0.15, 0.2) is 0 Å². The first-order chi connectivity index (χ1) is 5.04. The van der Waals surface area contributed by atoms with Gasteiger partial charge in [0.25, 0.3) is 0 Å². The summed E-state index contributed by atoms with van der Waals surface area (Å²) in [6.07, 6.45) is 2.83. The number of esters is 1. The average Bonchev–Trinajstić information content (AvgIpc) is 1.86. The maximum atomic E-state index is 10.3. The van der Waals surface area contributed by atoms with Gasteiger partial charge in [-0.1, -0.05) is 12.2 Å². The minimum Gasteiger partial charge on any atom is -0.435 e. The molecule has 0 aromatic heterocycles. The summed E-state index contributed by atoms with van der Waals surface area (Å²) in [5, 5.41) is 0. The van der Waals surface area contributed by atoms with Crippen molar-refractivity contribution >= 4 is 23.2 Å². The molecule has 0 rings (SSSR count). The highest BCUT2D eigenvalue weighted by atomic mass is 32.1. The Balaban J connectivity index is 3.75. The first-order valence-electron chi connectivity index (χ1n) is 3.09. The first kappa shape index (κ1) is 10.1. The average molecular weight is 173 g/mol. The number of nitrogens with zero attached hydrogens (tertiary/aromatic N) is 1. The minimum absolute atomic E-state index is 0.345. The molecular formula is C7H11NO2S. The molecular weight excluding hydrogens is 162 g/mol. The monoisotopic (exact) mass is 173 g/mol. The maximum absolute atomic E-state index is 10.3. The van der Waals surface area contributed by atoms with Gasteiger partial charge in [-0.2, -0.15) is 0 Å². The number of hydrogen-bond donors (Lipinski definition) is 0. The van der Waals surface area contributed by atoms with Gasteiger partial charge < -0.3 is 9.64 Å². The summed E-state index contributed by atoms with van der Waals surface area (Å²) in [4.78, 5) is 12.6. The highest BCUT2D eigenvalue weighted by Gasteiger charge is 1.91. The molecule has 0 unspecified atom stereocenters. The van der Waals surface area contributed by atoms with E-state index in [9.17, 15) is 4.79 Å². The van der Waals surface area contributed by atoms with Crippen molar-refractivity contribution in [1.82, 2.24) is 4.90 Å². The number of ether oxygens (including phenoxy) is 1. The molecule has 0 amide bonds. The number of carbonyl (C=O) groups is 1. The van der Waals surface area contributed by atoms with Gasteiger partial charge in [-0.05, 0) is 0 Å². The van der Waals surface area contributed by atoms with Gasteiger partial charge in [0.1, 0.15) is 4.99 Å². The van der Waals surface area contributed by atoms with Crippen LogP contribution in [0.3, 0.4) is 0 Å². The number of likely N-dealkylation sites (N-methyl/N-ethyl adjacent to an activating group) is 1. The van der Waals surface area contributed by atoms with E-state index < -0.39 is 0 Å². The van der Waals surface area contributed by atoms with Gasteiger partial charge in [0.2, 0.25) is 0 Å². The van der Waals surface area contributed by atoms with Gasteiger partial charge in [-0.3, -0.25) is 4.79 Å². The zero-order valence-electron chi connectivity index (χ0n) is 6.83. The van der Waals surface area contributed by atoms with Gasteiger partial charge in [0.05, 0.1) is 6.26 Å². The summed E-state index contributed by atoms with van der Waals surface area (Å²) in [6.45, 7) is 1.34. The Hall–Kier alpha value is -0.900. The van der Waals surface area contributed by atoms with Crippen LogP contribution in [0.25, 0.3) is 0 Å². The van der Waals surface area contributed by atoms with Crippen LogP contribution in [0.2, 0.25) is 0 Å². The summed E-state index contributed by atoms with van der Waals surface area (Å²) < 4.78 is 4.53. The molecule has 0 fully saturated rings. The Kier molecular flexibility index (Phi) is 4.45. The second-order valence-electron chi connectivity index (χ2n) is 2.14. The molecule has 0 aliphatic rings. The van der Waals surface area contributed by atoms with Gasteiger partial charge >= 0.3 is 5.97 Å². The van der Waals surface area contributed by atoms with Crippen molar-refractivity contribution in [2.45, 2.75) is 6.92 Å². The predicted molar refractivity (Wildman–Crippen MR) is 47.2 cm³/mol. The largest absolute Gasteiger partial charge is 0.435 e. The van der Waals surface area contributed by atoms with E-state index in [0.29, 0.717) is 4.99 Å². The third kappa shape index (κ3) is 5.54. The van der Waals surface area contributed by atoms with Crippen LogP contribution in [0.4, 0.5) is 0 Å². The second-order valence-corrected chi connectivity index (χ2v) is 2.56. The maximum Gasteiger partial charge on any atom is 0.307 e. The molecule has 0 saturated heterocycles. The van der Waals surface area contributed by atoms with Crippen molar-refractivity contribution in [1.29, 1.82) is 0 Å². The molecule has 0 aromatic rings. The van der Waals surface area contributed by atoms with E-state index in [2.05, 4.69) is 4.74 Å². The van der Waals surface area contributed by atoms with Crippen LogP contribution in [0.5, 0.6) is 0 Å². The lowest BCUT2D eigenvalue weighted by Gasteiger charge is -2.08. The van der Waals surface area contributed by atoms with E-state index in [1.54, 1.807) is 11.0 Å². The van der Waals surface area contributed by atoms with Crippen LogP contribution in [-0.2, 0) is 9.53 Å². The van der Waals surface area contributed by atoms with E-state index in [1.165, 1.54) is 13.2 Å². The van der Waals surface area contributed by atoms with Crippen molar-refractivity contribution < 1.29 is 9.53 Å². The summed E-state index contributed by atoms with van der Waals surface area (Å²) in [6, 6.07) is 0. The molecule has 0 aliphatic heterocycles. The van der Waals surface area contributed by atoms with E-state index in [1.807, 2.05) is 14.1 Å². The van der Waals surface area contributed by atoms with Crippen LogP contribution in [-0.4, -0.2) is 30.0 Å². The van der Waals surface area contributed by atoms with Gasteiger partial charge in [-0.15, -0.1) is 0 Å². The van der Waals surface area contributed by atoms with E-state index in [-0.39, 0.29) is 5.97 Å². The SMILES string of the molecule is CC(=O)O/C=C\C(=S)N(C)C. The van der Waals surface area contributed by atoms with Crippen LogP contribution < -0.4 is 0 Å². The molecule has 0 bridgehead atoms. The molecule has 4 heteroatoms. The summed E-state index contributed by atoms with van der Waals surface area (Å²) in [5.41, 5.74) is 0. The standard InChI is InChI=1S/C7H11NO2S/c1-6(9)10-5-4-7(11)8(2)3/h4-5H,1-3H3/b5-4-. The number of thiocarbonyl (C=S) groups is 1. The molecule has 0 spiro atoms. The van der Waals surface area contributed by atoms with Crippen LogP contribution in [0.1, 0.15) is 6.92 Å². The molecule has 0 saturated carbocycles. The fourth-order valence-electron chi connectivity index (χ4n) is 0.337. The summed E-state index contributed by atoms with van der Waals surface area (Å²) in [7, 11) is 3.64. The normalized spacial score (nSPS) is 9.73. The number of hydrogen-bond acceptors (Lipinski definition) is 3. The van der Waals surface area contributed by atoms with Gasteiger partial charge in [0, 0.05) is 27.1 Å². The van der Waals surface area contributed by atoms with Gasteiger partial charge in [-0.25, -0.2) is 0 Å². The molecule has 0 N–H and O–H groups in total. The Morgan fingerprint density at radius 1 is 1.55 bits per heavy atom. The van der Waals surface area contributed by atoms with Crippen molar-refractivity contribution in [3.8, 4) is 0 Å². The highest BCUT2D eigenvalue weighted by Crippen LogP contribution is 1.87. The lowest BCUT2D eigenvalue weighted by Crippen LogP contribution is -2.16. The topological polar surface area (TPSA) is 29.5 Å². The molecule has 3 nitrogen and oxygen atoms in total. The van der Waals surface area contributed by atoms with Crippen molar-refractivity contribution in [2.24, 2.45) is 0 Å². The fraction of sp³-hybridized carbons (Fsp3) is 0.429. The lowest BCUT2D eigenvalue weighted by atomic mass is 10.6. The zero-order chi connectivity index (χ0) is 8.85. The number of rotatable bonds is 2. The Bertz CT molecular complexity index is 187. The van der Waals surface area contributed by atoms with Crippen LogP contribution in [0, 0.1) is 0 Å². The molecule has 11 heavy (non-hydrogen) atoms. The van der Waals surface area contributed by atoms with E-state index >= 15 is 0 Å².